The molecule has 0 saturated heterocycles. The third-order valence-electron chi connectivity index (χ3n) is 3.26. The number of anilines is 2. The predicted molar refractivity (Wildman–Crippen MR) is 91.8 cm³/mol. The van der Waals surface area contributed by atoms with Crippen LogP contribution in [0, 0.1) is 13.8 Å². The minimum atomic E-state index is 0.0191. The average Bonchev–Trinajstić information content (AvgIpc) is 2.45. The van der Waals surface area contributed by atoms with Crippen LogP contribution in [0.4, 0.5) is 11.4 Å². The SMILES string of the molecule is Cc1cc(NCCC(=O)Nc2ccccc2C)ccc1Br. The Kier molecular flexibility index (Phi) is 5.39. The monoisotopic (exact) mass is 346 g/mol. The van der Waals surface area contributed by atoms with Crippen LogP contribution in [-0.4, -0.2) is 12.5 Å². The third kappa shape index (κ3) is 4.60. The molecule has 0 spiro atoms. The van der Waals surface area contributed by atoms with E-state index in [-0.39, 0.29) is 5.91 Å². The zero-order valence-corrected chi connectivity index (χ0v) is 13.8. The topological polar surface area (TPSA) is 41.1 Å². The van der Waals surface area contributed by atoms with E-state index in [1.807, 2.05) is 50.2 Å². The summed E-state index contributed by atoms with van der Waals surface area (Å²) in [7, 11) is 0. The first-order valence-corrected chi connectivity index (χ1v) is 7.71. The molecule has 0 aliphatic carbocycles. The van der Waals surface area contributed by atoms with Gasteiger partial charge in [0, 0.05) is 28.8 Å². The molecule has 0 aliphatic heterocycles. The van der Waals surface area contributed by atoms with Crippen molar-refractivity contribution in [3.8, 4) is 0 Å². The van der Waals surface area contributed by atoms with Crippen molar-refractivity contribution in [3.63, 3.8) is 0 Å². The number of hydrogen-bond acceptors (Lipinski definition) is 2. The number of nitrogens with one attached hydrogen (secondary N) is 2. The number of benzene rings is 2. The summed E-state index contributed by atoms with van der Waals surface area (Å²) in [5.41, 5.74) is 4.15. The van der Waals surface area contributed by atoms with E-state index in [9.17, 15) is 4.79 Å². The molecule has 0 aromatic heterocycles. The highest BCUT2D eigenvalue weighted by molar-refractivity contribution is 9.10. The van der Waals surface area contributed by atoms with Gasteiger partial charge < -0.3 is 10.6 Å². The molecular formula is C17H19BrN2O. The van der Waals surface area contributed by atoms with Gasteiger partial charge in [-0.05, 0) is 49.2 Å². The summed E-state index contributed by atoms with van der Waals surface area (Å²) in [5.74, 6) is 0.0191. The van der Waals surface area contributed by atoms with E-state index in [2.05, 4.69) is 32.6 Å². The van der Waals surface area contributed by atoms with Gasteiger partial charge in [-0.15, -0.1) is 0 Å². The first-order valence-electron chi connectivity index (χ1n) is 6.92. The van der Waals surface area contributed by atoms with Crippen molar-refractivity contribution < 1.29 is 4.79 Å². The molecule has 110 valence electrons. The van der Waals surface area contributed by atoms with Crippen LogP contribution in [0.25, 0.3) is 0 Å². The second-order valence-corrected chi connectivity index (χ2v) is 5.86. The number of para-hydroxylation sites is 1. The first-order chi connectivity index (χ1) is 10.1. The van der Waals surface area contributed by atoms with Crippen LogP contribution in [0.3, 0.4) is 0 Å². The van der Waals surface area contributed by atoms with E-state index in [4.69, 9.17) is 0 Å². The van der Waals surface area contributed by atoms with E-state index < -0.39 is 0 Å². The van der Waals surface area contributed by atoms with Crippen LogP contribution in [0.5, 0.6) is 0 Å². The van der Waals surface area contributed by atoms with Crippen molar-refractivity contribution in [2.45, 2.75) is 20.3 Å². The van der Waals surface area contributed by atoms with Gasteiger partial charge in [-0.1, -0.05) is 34.1 Å². The summed E-state index contributed by atoms with van der Waals surface area (Å²) < 4.78 is 1.09. The van der Waals surface area contributed by atoms with E-state index in [1.54, 1.807) is 0 Å². The molecule has 0 radical (unpaired) electrons. The molecule has 3 nitrogen and oxygen atoms in total. The molecule has 0 heterocycles. The summed E-state index contributed by atoms with van der Waals surface area (Å²) in [4.78, 5) is 11.9. The van der Waals surface area contributed by atoms with Gasteiger partial charge in [-0.25, -0.2) is 0 Å². The molecule has 2 rings (SSSR count). The van der Waals surface area contributed by atoms with Crippen molar-refractivity contribution in [3.05, 3.63) is 58.1 Å². The Morgan fingerprint density at radius 3 is 2.57 bits per heavy atom. The van der Waals surface area contributed by atoms with Gasteiger partial charge in [0.1, 0.15) is 0 Å². The molecule has 1 amide bonds. The fraction of sp³-hybridized carbons (Fsp3) is 0.235. The number of halogens is 1. The maximum absolute atomic E-state index is 11.9. The lowest BCUT2D eigenvalue weighted by atomic mass is 10.2. The molecule has 0 fully saturated rings. The second kappa shape index (κ2) is 7.27. The Labute approximate surface area is 133 Å². The van der Waals surface area contributed by atoms with E-state index in [1.165, 1.54) is 5.56 Å². The minimum absolute atomic E-state index is 0.0191. The number of carbonyl (C=O) groups excluding carboxylic acids is 1. The van der Waals surface area contributed by atoms with Gasteiger partial charge in [-0.2, -0.15) is 0 Å². The maximum Gasteiger partial charge on any atom is 0.226 e. The van der Waals surface area contributed by atoms with E-state index >= 15 is 0 Å². The zero-order chi connectivity index (χ0) is 15.2. The summed E-state index contributed by atoms with van der Waals surface area (Å²) in [6, 6.07) is 13.8. The Morgan fingerprint density at radius 2 is 1.86 bits per heavy atom. The summed E-state index contributed by atoms with van der Waals surface area (Å²) in [5, 5.41) is 6.19. The minimum Gasteiger partial charge on any atom is -0.385 e. The Bertz CT molecular complexity index is 640. The molecule has 0 atom stereocenters. The summed E-state index contributed by atoms with van der Waals surface area (Å²) in [6.07, 6.45) is 0.434. The lowest BCUT2D eigenvalue weighted by molar-refractivity contribution is -0.115. The maximum atomic E-state index is 11.9. The zero-order valence-electron chi connectivity index (χ0n) is 12.2. The number of rotatable bonds is 5. The van der Waals surface area contributed by atoms with E-state index in [0.29, 0.717) is 13.0 Å². The van der Waals surface area contributed by atoms with Gasteiger partial charge >= 0.3 is 0 Å². The Morgan fingerprint density at radius 1 is 1.10 bits per heavy atom. The van der Waals surface area contributed by atoms with E-state index in [0.717, 1.165) is 21.4 Å². The number of amides is 1. The molecule has 0 unspecified atom stereocenters. The molecule has 2 aromatic carbocycles. The van der Waals surface area contributed by atoms with Crippen LogP contribution in [0.1, 0.15) is 17.5 Å². The molecule has 4 heteroatoms. The normalized spacial score (nSPS) is 10.2. The number of hydrogen-bond donors (Lipinski definition) is 2. The van der Waals surface area contributed by atoms with Gasteiger partial charge in [0.2, 0.25) is 5.91 Å². The van der Waals surface area contributed by atoms with Crippen molar-refractivity contribution in [2.24, 2.45) is 0 Å². The second-order valence-electron chi connectivity index (χ2n) is 5.00. The highest BCUT2D eigenvalue weighted by Gasteiger charge is 2.04. The third-order valence-corrected chi connectivity index (χ3v) is 4.15. The van der Waals surface area contributed by atoms with Crippen LogP contribution in [0.15, 0.2) is 46.9 Å². The van der Waals surface area contributed by atoms with Crippen molar-refractivity contribution >= 4 is 33.2 Å². The molecule has 0 bridgehead atoms. The average molecular weight is 347 g/mol. The summed E-state index contributed by atoms with van der Waals surface area (Å²) in [6.45, 7) is 4.64. The summed E-state index contributed by atoms with van der Waals surface area (Å²) >= 11 is 3.47. The fourth-order valence-electron chi connectivity index (χ4n) is 2.00. The van der Waals surface area contributed by atoms with Crippen molar-refractivity contribution in [1.82, 2.24) is 0 Å². The Balaban J connectivity index is 1.82. The molecule has 0 saturated carbocycles. The van der Waals surface area contributed by atoms with Crippen molar-refractivity contribution in [1.29, 1.82) is 0 Å². The van der Waals surface area contributed by atoms with Crippen LogP contribution >= 0.6 is 15.9 Å². The smallest absolute Gasteiger partial charge is 0.226 e. The predicted octanol–water partition coefficient (Wildman–Crippen LogP) is 4.51. The Hall–Kier alpha value is -1.81. The molecule has 21 heavy (non-hydrogen) atoms. The molecular weight excluding hydrogens is 328 g/mol. The lowest BCUT2D eigenvalue weighted by Gasteiger charge is -2.10. The first kappa shape index (κ1) is 15.6. The van der Waals surface area contributed by atoms with Crippen LogP contribution in [-0.2, 0) is 4.79 Å². The molecule has 2 aromatic rings. The quantitative estimate of drug-likeness (QED) is 0.836. The standard InChI is InChI=1S/C17H19BrN2O/c1-12-5-3-4-6-16(12)20-17(21)9-10-19-14-7-8-15(18)13(2)11-14/h3-8,11,19H,9-10H2,1-2H3,(H,20,21). The largest absolute Gasteiger partial charge is 0.385 e. The van der Waals surface area contributed by atoms with Gasteiger partial charge in [-0.3, -0.25) is 4.79 Å². The van der Waals surface area contributed by atoms with Gasteiger partial charge in [0.05, 0.1) is 0 Å². The van der Waals surface area contributed by atoms with Crippen LogP contribution < -0.4 is 10.6 Å². The molecule has 0 aliphatic rings. The highest BCUT2D eigenvalue weighted by atomic mass is 79.9. The van der Waals surface area contributed by atoms with Crippen LogP contribution in [0.2, 0.25) is 0 Å². The number of aryl methyl sites for hydroxylation is 2. The van der Waals surface area contributed by atoms with Gasteiger partial charge in [0.15, 0.2) is 0 Å². The number of carbonyl (C=O) groups is 1. The molecule has 2 N–H and O–H groups in total. The van der Waals surface area contributed by atoms with Gasteiger partial charge in [0.25, 0.3) is 0 Å². The van der Waals surface area contributed by atoms with Crippen molar-refractivity contribution in [2.75, 3.05) is 17.2 Å². The lowest BCUT2D eigenvalue weighted by Crippen LogP contribution is -2.16. The highest BCUT2D eigenvalue weighted by Crippen LogP contribution is 2.20. The fourth-order valence-corrected chi connectivity index (χ4v) is 2.25.